The van der Waals surface area contributed by atoms with Gasteiger partial charge in [0.15, 0.2) is 0 Å². The zero-order chi connectivity index (χ0) is 16.3. The summed E-state index contributed by atoms with van der Waals surface area (Å²) in [6.45, 7) is 2.24. The molecule has 2 aromatic heterocycles. The molecular weight excluding hydrogens is 288 g/mol. The fourth-order valence-electron chi connectivity index (χ4n) is 1.96. The molecule has 0 fully saturated rings. The van der Waals surface area contributed by atoms with Crippen LogP contribution in [0, 0.1) is 0 Å². The topological polar surface area (TPSA) is 104 Å². The fourth-order valence-corrected chi connectivity index (χ4v) is 1.96. The number of anilines is 1. The van der Waals surface area contributed by atoms with Gasteiger partial charge in [-0.1, -0.05) is 13.3 Å². The smallest absolute Gasteiger partial charge is 0.303 e. The third-order valence-corrected chi connectivity index (χ3v) is 3.25. The van der Waals surface area contributed by atoms with E-state index in [0.717, 1.165) is 11.0 Å². The molecule has 0 radical (unpaired) electrons. The minimum atomic E-state index is -0.623. The quantitative estimate of drug-likeness (QED) is 0.818. The van der Waals surface area contributed by atoms with Gasteiger partial charge in [-0.05, 0) is 6.42 Å². The average Bonchev–Trinajstić information content (AvgIpc) is 2.88. The molecule has 0 saturated carbocycles. The summed E-state index contributed by atoms with van der Waals surface area (Å²) in [6, 6.07) is 0. The number of carbonyl (C=O) groups is 1. The van der Waals surface area contributed by atoms with E-state index in [-0.39, 0.29) is 18.1 Å². The van der Waals surface area contributed by atoms with Crippen molar-refractivity contribution in [3.05, 3.63) is 38.9 Å². The molecule has 2 heterocycles. The van der Waals surface area contributed by atoms with Gasteiger partial charge in [0.2, 0.25) is 5.95 Å². The van der Waals surface area contributed by atoms with Crippen molar-refractivity contribution in [2.75, 3.05) is 5.32 Å². The van der Waals surface area contributed by atoms with Gasteiger partial charge in [0.1, 0.15) is 11.9 Å². The van der Waals surface area contributed by atoms with Crippen LogP contribution < -0.4 is 16.6 Å². The van der Waals surface area contributed by atoms with E-state index in [0.29, 0.717) is 6.42 Å². The van der Waals surface area contributed by atoms with Crippen molar-refractivity contribution in [2.45, 2.75) is 26.3 Å². The van der Waals surface area contributed by atoms with Crippen LogP contribution in [-0.2, 0) is 20.6 Å². The summed E-state index contributed by atoms with van der Waals surface area (Å²) >= 11 is 0. The predicted octanol–water partition coefficient (Wildman–Crippen LogP) is -0.272. The molecule has 2 rings (SSSR count). The van der Waals surface area contributed by atoms with Gasteiger partial charge in [-0.25, -0.2) is 4.79 Å². The minimum Gasteiger partial charge on any atom is -0.303 e. The largest absolute Gasteiger partial charge is 0.330 e. The number of carbonyl (C=O) groups excluding carboxylic acids is 1. The van der Waals surface area contributed by atoms with E-state index in [1.54, 1.807) is 7.05 Å². The van der Waals surface area contributed by atoms with Crippen LogP contribution in [0.4, 0.5) is 5.95 Å². The molecule has 0 aliphatic carbocycles. The van der Waals surface area contributed by atoms with Crippen molar-refractivity contribution in [2.24, 2.45) is 14.1 Å². The number of amides is 1. The first-order valence-electron chi connectivity index (χ1n) is 6.91. The van der Waals surface area contributed by atoms with Gasteiger partial charge in [-0.15, -0.1) is 10.2 Å². The Morgan fingerprint density at radius 3 is 2.59 bits per heavy atom. The maximum Gasteiger partial charge on any atom is 0.330 e. The Morgan fingerprint density at radius 2 is 2.00 bits per heavy atom. The van der Waals surface area contributed by atoms with Gasteiger partial charge in [0.25, 0.3) is 11.5 Å². The number of aromatic nitrogens is 5. The highest BCUT2D eigenvalue weighted by Crippen LogP contribution is 2.01. The van der Waals surface area contributed by atoms with Gasteiger partial charge in [-0.2, -0.15) is 0 Å². The average molecular weight is 306 g/mol. The van der Waals surface area contributed by atoms with Crippen LogP contribution in [0.2, 0.25) is 0 Å². The van der Waals surface area contributed by atoms with Gasteiger partial charge >= 0.3 is 5.69 Å². The molecule has 0 aliphatic rings. The van der Waals surface area contributed by atoms with E-state index in [1.807, 2.05) is 6.92 Å². The summed E-state index contributed by atoms with van der Waals surface area (Å²) in [5, 5.41) is 9.87. The van der Waals surface area contributed by atoms with Gasteiger partial charge in [-0.3, -0.25) is 19.5 Å². The molecular formula is C13H18N6O3. The Bertz CT molecular complexity index is 801. The predicted molar refractivity (Wildman–Crippen MR) is 79.8 cm³/mol. The number of hydrogen-bond acceptors (Lipinski definition) is 5. The lowest BCUT2D eigenvalue weighted by atomic mass is 10.3. The summed E-state index contributed by atoms with van der Waals surface area (Å²) in [5.74, 6) is -0.402. The zero-order valence-corrected chi connectivity index (χ0v) is 12.7. The highest BCUT2D eigenvalue weighted by atomic mass is 16.2. The Kier molecular flexibility index (Phi) is 4.54. The Hall–Kier alpha value is -2.71. The lowest BCUT2D eigenvalue weighted by molar-refractivity contribution is 0.102. The first-order chi connectivity index (χ1) is 10.5. The fraction of sp³-hybridized carbons (Fsp3) is 0.462. The summed E-state index contributed by atoms with van der Waals surface area (Å²) in [5.41, 5.74) is -1.15. The molecule has 0 aliphatic heterocycles. The first-order valence-corrected chi connectivity index (χ1v) is 6.91. The van der Waals surface area contributed by atoms with Crippen molar-refractivity contribution >= 4 is 11.9 Å². The zero-order valence-electron chi connectivity index (χ0n) is 12.7. The van der Waals surface area contributed by atoms with E-state index in [4.69, 9.17) is 0 Å². The van der Waals surface area contributed by atoms with Crippen LogP contribution in [0.1, 0.15) is 30.1 Å². The highest BCUT2D eigenvalue weighted by molar-refractivity contribution is 6.02. The maximum atomic E-state index is 12.3. The third kappa shape index (κ3) is 2.97. The molecule has 9 heteroatoms. The molecule has 0 bridgehead atoms. The van der Waals surface area contributed by atoms with Crippen molar-refractivity contribution in [3.63, 3.8) is 0 Å². The van der Waals surface area contributed by atoms with E-state index in [9.17, 15) is 14.4 Å². The number of hydrogen-bond donors (Lipinski definition) is 1. The second kappa shape index (κ2) is 6.37. The first kappa shape index (κ1) is 15.7. The summed E-state index contributed by atoms with van der Waals surface area (Å²) in [4.78, 5) is 36.6. The molecule has 1 amide bonds. The van der Waals surface area contributed by atoms with Crippen LogP contribution in [-0.4, -0.2) is 29.8 Å². The lowest BCUT2D eigenvalue weighted by Gasteiger charge is -2.10. The van der Waals surface area contributed by atoms with Crippen molar-refractivity contribution < 1.29 is 4.79 Å². The summed E-state index contributed by atoms with van der Waals surface area (Å²) < 4.78 is 3.81. The van der Waals surface area contributed by atoms with Crippen LogP contribution in [0.15, 0.2) is 22.1 Å². The number of rotatable bonds is 5. The number of nitrogens with zero attached hydrogens (tertiary/aromatic N) is 5. The second-order valence-corrected chi connectivity index (χ2v) is 4.97. The molecule has 0 aromatic carbocycles. The number of unbranched alkanes of at least 4 members (excludes halogenated alkanes) is 1. The van der Waals surface area contributed by atoms with Crippen LogP contribution in [0.5, 0.6) is 0 Å². The van der Waals surface area contributed by atoms with Gasteiger partial charge in [0.05, 0.1) is 0 Å². The molecule has 2 aromatic rings. The lowest BCUT2D eigenvalue weighted by Crippen LogP contribution is -2.42. The molecule has 0 atom stereocenters. The normalized spacial score (nSPS) is 10.7. The SMILES string of the molecule is CCCCn1c(=O)c(C(=O)Nc2nncn2C)cn(C)c1=O. The second-order valence-electron chi connectivity index (χ2n) is 4.97. The van der Waals surface area contributed by atoms with Crippen LogP contribution in [0.3, 0.4) is 0 Å². The van der Waals surface area contributed by atoms with Crippen molar-refractivity contribution in [1.82, 2.24) is 23.9 Å². The van der Waals surface area contributed by atoms with Gasteiger partial charge in [0, 0.05) is 26.8 Å². The molecule has 22 heavy (non-hydrogen) atoms. The van der Waals surface area contributed by atoms with E-state index >= 15 is 0 Å². The maximum absolute atomic E-state index is 12.3. The number of nitrogens with one attached hydrogen (secondary N) is 1. The molecule has 9 nitrogen and oxygen atoms in total. The molecule has 0 unspecified atom stereocenters. The molecule has 0 spiro atoms. The Balaban J connectivity index is 2.40. The van der Waals surface area contributed by atoms with Crippen molar-refractivity contribution in [1.29, 1.82) is 0 Å². The minimum absolute atomic E-state index is 0.110. The van der Waals surface area contributed by atoms with Crippen LogP contribution >= 0.6 is 0 Å². The third-order valence-electron chi connectivity index (χ3n) is 3.25. The summed E-state index contributed by atoms with van der Waals surface area (Å²) in [7, 11) is 3.17. The van der Waals surface area contributed by atoms with E-state index < -0.39 is 17.2 Å². The molecule has 1 N–H and O–H groups in total. The Morgan fingerprint density at radius 1 is 1.27 bits per heavy atom. The monoisotopic (exact) mass is 306 g/mol. The van der Waals surface area contributed by atoms with E-state index in [2.05, 4.69) is 15.5 Å². The number of aryl methyl sites for hydroxylation is 2. The standard InChI is InChI=1S/C13H18N6O3/c1-4-5-6-19-11(21)9(7-17(2)13(19)22)10(20)15-12-16-14-8-18(12)3/h7-8H,4-6H2,1-3H3,(H,15,16,20). The van der Waals surface area contributed by atoms with Crippen LogP contribution in [0.25, 0.3) is 0 Å². The molecule has 0 saturated heterocycles. The summed E-state index contributed by atoms with van der Waals surface area (Å²) in [6.07, 6.45) is 4.18. The van der Waals surface area contributed by atoms with Crippen molar-refractivity contribution in [3.8, 4) is 0 Å². The Labute approximate surface area is 126 Å². The van der Waals surface area contributed by atoms with E-state index in [1.165, 1.54) is 28.7 Å². The highest BCUT2D eigenvalue weighted by Gasteiger charge is 2.17. The molecule has 118 valence electrons. The van der Waals surface area contributed by atoms with Gasteiger partial charge < -0.3 is 9.13 Å².